The second-order valence-electron chi connectivity index (χ2n) is 5.00. The quantitative estimate of drug-likeness (QED) is 0.330. The highest BCUT2D eigenvalue weighted by Crippen LogP contribution is 2.05. The molecule has 0 saturated carbocycles. The Hall–Kier alpha value is -1.13. The minimum Gasteiger partial charge on any atom is -0.466 e. The van der Waals surface area contributed by atoms with E-state index in [9.17, 15) is 4.79 Å². The highest BCUT2D eigenvalue weighted by atomic mass is 16.5. The van der Waals surface area contributed by atoms with Crippen molar-refractivity contribution in [2.75, 3.05) is 19.8 Å². The van der Waals surface area contributed by atoms with Gasteiger partial charge < -0.3 is 14.9 Å². The van der Waals surface area contributed by atoms with E-state index in [4.69, 9.17) is 14.9 Å². The number of hydrogen-bond acceptors (Lipinski definition) is 4. The molecule has 0 saturated heterocycles. The Balaban J connectivity index is -0.000000164. The zero-order valence-corrected chi connectivity index (χ0v) is 16.6. The first kappa shape index (κ1) is 30.7. The smallest absolute Gasteiger partial charge is 0.305 e. The third kappa shape index (κ3) is 58.5. The number of ether oxygens (including phenoxy) is 1. The number of allylic oxidation sites excluding steroid dienone is 2. The molecule has 0 unspecified atom stereocenters. The lowest BCUT2D eigenvalue weighted by Gasteiger charge is -2.03. The fourth-order valence-electron chi connectivity index (χ4n) is 1.34. The predicted octanol–water partition coefficient (Wildman–Crippen LogP) is 5.05. The Bertz CT molecular complexity index is 220. The minimum atomic E-state index is -0.125. The summed E-state index contributed by atoms with van der Waals surface area (Å²) in [6.07, 6.45) is 12.4. The first-order chi connectivity index (χ1) is 11.6. The van der Waals surface area contributed by atoms with E-state index in [-0.39, 0.29) is 19.2 Å². The number of esters is 1. The first-order valence-corrected chi connectivity index (χ1v) is 9.07. The molecule has 0 aromatic heterocycles. The Morgan fingerprint density at radius 2 is 1.29 bits per heavy atom. The molecule has 0 atom stereocenters. The molecule has 0 amide bonds. The van der Waals surface area contributed by atoms with Crippen molar-refractivity contribution in [1.29, 1.82) is 0 Å². The van der Waals surface area contributed by atoms with Gasteiger partial charge in [-0.3, -0.25) is 4.79 Å². The van der Waals surface area contributed by atoms with Gasteiger partial charge in [-0.2, -0.15) is 0 Å². The van der Waals surface area contributed by atoms with Crippen LogP contribution >= 0.6 is 0 Å². The lowest BCUT2D eigenvalue weighted by Crippen LogP contribution is -2.04. The van der Waals surface area contributed by atoms with E-state index in [0.717, 1.165) is 12.8 Å². The molecule has 0 aliphatic heterocycles. The first-order valence-electron chi connectivity index (χ1n) is 9.07. The maximum absolute atomic E-state index is 11.0. The number of carbonyl (C=O) groups is 1. The van der Waals surface area contributed by atoms with Gasteiger partial charge in [-0.05, 0) is 26.7 Å². The van der Waals surface area contributed by atoms with E-state index in [0.29, 0.717) is 13.0 Å². The summed E-state index contributed by atoms with van der Waals surface area (Å²) in [5.74, 6) is -0.0407. The SMILES string of the molecule is C=CC.C=CC.CCCCCCCCOC(=O)CCC.OCCO. The van der Waals surface area contributed by atoms with Gasteiger partial charge in [0.25, 0.3) is 0 Å². The summed E-state index contributed by atoms with van der Waals surface area (Å²) < 4.78 is 5.05. The molecule has 0 spiro atoms. The molecule has 0 heterocycles. The largest absolute Gasteiger partial charge is 0.466 e. The number of unbranched alkanes of at least 4 members (excludes halogenated alkanes) is 5. The molecule has 24 heavy (non-hydrogen) atoms. The molecule has 0 bridgehead atoms. The van der Waals surface area contributed by atoms with Crippen LogP contribution in [0, 0.1) is 0 Å². The number of hydrogen-bond donors (Lipinski definition) is 2. The Labute approximate surface area is 150 Å². The van der Waals surface area contributed by atoms with Crippen molar-refractivity contribution < 1.29 is 19.7 Å². The van der Waals surface area contributed by atoms with Crippen LogP contribution in [-0.4, -0.2) is 36.0 Å². The molecule has 2 N–H and O–H groups in total. The standard InChI is InChI=1S/C12H24O2.2C3H6.C2H6O2/c1-3-5-6-7-8-9-11-14-12(13)10-4-2;2*1-3-2;3-1-2-4/h3-11H2,1-2H3;2*3H,1H2,2H3;3-4H,1-2H2. The van der Waals surface area contributed by atoms with Crippen molar-refractivity contribution in [3.05, 3.63) is 25.3 Å². The third-order valence-electron chi connectivity index (χ3n) is 2.32. The molecule has 0 rings (SSSR count). The van der Waals surface area contributed by atoms with Crippen molar-refractivity contribution in [3.8, 4) is 0 Å². The molecule has 4 nitrogen and oxygen atoms in total. The minimum absolute atomic E-state index is 0.0407. The van der Waals surface area contributed by atoms with E-state index in [2.05, 4.69) is 20.1 Å². The van der Waals surface area contributed by atoms with Gasteiger partial charge >= 0.3 is 5.97 Å². The van der Waals surface area contributed by atoms with Crippen LogP contribution in [0.25, 0.3) is 0 Å². The molecule has 0 aliphatic carbocycles. The summed E-state index contributed by atoms with van der Waals surface area (Å²) in [5, 5.41) is 15.2. The second-order valence-corrected chi connectivity index (χ2v) is 5.00. The molecule has 0 aromatic carbocycles. The summed E-state index contributed by atoms with van der Waals surface area (Å²) in [6.45, 7) is 15.1. The number of aliphatic hydroxyl groups is 2. The van der Waals surface area contributed by atoms with Gasteiger partial charge in [0.1, 0.15) is 0 Å². The zero-order chi connectivity index (χ0) is 19.5. The van der Waals surface area contributed by atoms with Crippen LogP contribution in [0.4, 0.5) is 0 Å². The van der Waals surface area contributed by atoms with Crippen LogP contribution in [0.5, 0.6) is 0 Å². The molecule has 0 aliphatic rings. The van der Waals surface area contributed by atoms with Crippen molar-refractivity contribution in [1.82, 2.24) is 0 Å². The van der Waals surface area contributed by atoms with Crippen molar-refractivity contribution in [2.45, 2.75) is 79.1 Å². The summed E-state index contributed by atoms with van der Waals surface area (Å²) in [7, 11) is 0. The summed E-state index contributed by atoms with van der Waals surface area (Å²) in [6, 6.07) is 0. The van der Waals surface area contributed by atoms with Gasteiger partial charge in [0, 0.05) is 6.42 Å². The van der Waals surface area contributed by atoms with Crippen molar-refractivity contribution >= 4 is 5.97 Å². The Morgan fingerprint density at radius 3 is 1.67 bits per heavy atom. The average Bonchev–Trinajstić information content (AvgIpc) is 2.56. The van der Waals surface area contributed by atoms with E-state index >= 15 is 0 Å². The summed E-state index contributed by atoms with van der Waals surface area (Å²) >= 11 is 0. The lowest BCUT2D eigenvalue weighted by atomic mass is 10.1. The molecule has 0 radical (unpaired) electrons. The highest BCUT2D eigenvalue weighted by molar-refractivity contribution is 5.69. The second kappa shape index (κ2) is 37.8. The highest BCUT2D eigenvalue weighted by Gasteiger charge is 1.99. The number of carbonyl (C=O) groups excluding carboxylic acids is 1. The Morgan fingerprint density at radius 1 is 0.875 bits per heavy atom. The maximum Gasteiger partial charge on any atom is 0.305 e. The van der Waals surface area contributed by atoms with Crippen LogP contribution in [0.2, 0.25) is 0 Å². The van der Waals surface area contributed by atoms with Gasteiger partial charge in [0.05, 0.1) is 19.8 Å². The maximum atomic E-state index is 11.0. The summed E-state index contributed by atoms with van der Waals surface area (Å²) in [5.41, 5.74) is 0. The molecule has 4 heteroatoms. The van der Waals surface area contributed by atoms with Gasteiger partial charge in [0.2, 0.25) is 0 Å². The molecule has 0 aromatic rings. The summed E-state index contributed by atoms with van der Waals surface area (Å²) in [4.78, 5) is 11.0. The molecule has 0 fully saturated rings. The molecular formula is C20H42O4. The van der Waals surface area contributed by atoms with Crippen molar-refractivity contribution in [2.24, 2.45) is 0 Å². The Kier molecular flexibility index (Phi) is 48.4. The van der Waals surface area contributed by atoms with Crippen LogP contribution in [0.15, 0.2) is 25.3 Å². The zero-order valence-electron chi connectivity index (χ0n) is 16.6. The van der Waals surface area contributed by atoms with Crippen LogP contribution in [-0.2, 0) is 9.53 Å². The number of aliphatic hydroxyl groups excluding tert-OH is 2. The molecular weight excluding hydrogens is 304 g/mol. The van der Waals surface area contributed by atoms with Gasteiger partial charge in [-0.25, -0.2) is 0 Å². The van der Waals surface area contributed by atoms with Crippen LogP contribution < -0.4 is 0 Å². The van der Waals surface area contributed by atoms with Gasteiger partial charge in [-0.15, -0.1) is 13.2 Å². The monoisotopic (exact) mass is 346 g/mol. The third-order valence-corrected chi connectivity index (χ3v) is 2.32. The van der Waals surface area contributed by atoms with E-state index < -0.39 is 0 Å². The van der Waals surface area contributed by atoms with E-state index in [1.54, 1.807) is 12.2 Å². The van der Waals surface area contributed by atoms with Gasteiger partial charge in [-0.1, -0.05) is 58.1 Å². The lowest BCUT2D eigenvalue weighted by molar-refractivity contribution is -0.143. The van der Waals surface area contributed by atoms with E-state index in [1.807, 2.05) is 20.8 Å². The average molecular weight is 347 g/mol. The molecule has 146 valence electrons. The van der Waals surface area contributed by atoms with Crippen molar-refractivity contribution in [3.63, 3.8) is 0 Å². The normalized spacial score (nSPS) is 8.25. The number of rotatable bonds is 10. The van der Waals surface area contributed by atoms with E-state index in [1.165, 1.54) is 32.1 Å². The van der Waals surface area contributed by atoms with Crippen LogP contribution in [0.1, 0.15) is 79.1 Å². The fraction of sp³-hybridized carbons (Fsp3) is 0.750. The fourth-order valence-corrected chi connectivity index (χ4v) is 1.34. The van der Waals surface area contributed by atoms with Crippen LogP contribution in [0.3, 0.4) is 0 Å². The topological polar surface area (TPSA) is 66.8 Å². The van der Waals surface area contributed by atoms with Gasteiger partial charge in [0.15, 0.2) is 0 Å². The predicted molar refractivity (Wildman–Crippen MR) is 105 cm³/mol.